The van der Waals surface area contributed by atoms with Gasteiger partial charge in [0.1, 0.15) is 5.75 Å². The highest BCUT2D eigenvalue weighted by Gasteiger charge is 2.14. The molecule has 9 heteroatoms. The second kappa shape index (κ2) is 7.39. The Kier molecular flexibility index (Phi) is 6.15. The van der Waals surface area contributed by atoms with Crippen molar-refractivity contribution < 1.29 is 22.5 Å². The minimum atomic E-state index is -3.46. The molecular formula is C11H13ClFNO5S. The number of ether oxygens (including phenoxy) is 1. The van der Waals surface area contributed by atoms with Crippen LogP contribution in [0.5, 0.6) is 5.75 Å². The summed E-state index contributed by atoms with van der Waals surface area (Å²) in [4.78, 5) is 9.60. The van der Waals surface area contributed by atoms with Gasteiger partial charge in [0.2, 0.25) is 14.9 Å². The van der Waals surface area contributed by atoms with Gasteiger partial charge < -0.3 is 4.74 Å². The van der Waals surface area contributed by atoms with Gasteiger partial charge in [-0.2, -0.15) is 4.39 Å². The summed E-state index contributed by atoms with van der Waals surface area (Å²) in [5, 5.41) is 10.4. The van der Waals surface area contributed by atoms with Gasteiger partial charge in [-0.05, 0) is 25.3 Å². The molecule has 6 nitrogen and oxygen atoms in total. The largest absolute Gasteiger partial charge is 0.493 e. The third kappa shape index (κ3) is 6.16. The van der Waals surface area contributed by atoms with Crippen LogP contribution in [0.4, 0.5) is 10.1 Å². The molecule has 0 fully saturated rings. The Morgan fingerprint density at radius 1 is 1.30 bits per heavy atom. The standard InChI is InChI=1S/C11H13ClFNO5S/c12-20(17,18)7-3-1-2-6-19-9-4-5-11(14(15)16)10(13)8-9/h4-5,8H,1-3,6-7H2. The SMILES string of the molecule is O=[N+]([O-])c1ccc(OCCCCCS(=O)(=O)Cl)cc1F. The molecule has 0 amide bonds. The first-order chi connectivity index (χ1) is 9.29. The lowest BCUT2D eigenvalue weighted by atomic mass is 10.2. The summed E-state index contributed by atoms with van der Waals surface area (Å²) in [6.07, 6.45) is 1.59. The van der Waals surface area contributed by atoms with E-state index < -0.39 is 25.5 Å². The van der Waals surface area contributed by atoms with Crippen molar-refractivity contribution in [2.24, 2.45) is 0 Å². The van der Waals surface area contributed by atoms with Crippen LogP contribution >= 0.6 is 10.7 Å². The summed E-state index contributed by atoms with van der Waals surface area (Å²) < 4.78 is 39.8. The van der Waals surface area contributed by atoms with Crippen molar-refractivity contribution >= 4 is 25.4 Å². The smallest absolute Gasteiger partial charge is 0.305 e. The van der Waals surface area contributed by atoms with Gasteiger partial charge in [0, 0.05) is 22.8 Å². The topological polar surface area (TPSA) is 86.5 Å². The zero-order valence-electron chi connectivity index (χ0n) is 10.4. The minimum absolute atomic E-state index is 0.0965. The first-order valence-corrected chi connectivity index (χ1v) is 8.26. The molecule has 112 valence electrons. The number of halogens is 2. The second-order valence-electron chi connectivity index (χ2n) is 4.02. The first kappa shape index (κ1) is 16.6. The molecule has 20 heavy (non-hydrogen) atoms. The van der Waals surface area contributed by atoms with Gasteiger partial charge in [-0.25, -0.2) is 8.42 Å². The van der Waals surface area contributed by atoms with E-state index in [0.717, 1.165) is 12.1 Å². The number of rotatable bonds is 8. The van der Waals surface area contributed by atoms with Gasteiger partial charge in [0.15, 0.2) is 0 Å². The molecule has 0 aromatic heterocycles. The van der Waals surface area contributed by atoms with E-state index in [4.69, 9.17) is 15.4 Å². The number of benzene rings is 1. The quantitative estimate of drug-likeness (QED) is 0.317. The van der Waals surface area contributed by atoms with Crippen molar-refractivity contribution in [1.82, 2.24) is 0 Å². The Hall–Kier alpha value is -1.41. The van der Waals surface area contributed by atoms with E-state index in [1.165, 1.54) is 6.07 Å². The van der Waals surface area contributed by atoms with Gasteiger partial charge in [0.05, 0.1) is 17.3 Å². The van der Waals surface area contributed by atoms with Gasteiger partial charge in [0.25, 0.3) is 0 Å². The second-order valence-corrected chi connectivity index (χ2v) is 6.92. The van der Waals surface area contributed by atoms with Gasteiger partial charge in [-0.1, -0.05) is 0 Å². The van der Waals surface area contributed by atoms with Crippen molar-refractivity contribution in [1.29, 1.82) is 0 Å². The normalized spacial score (nSPS) is 11.3. The summed E-state index contributed by atoms with van der Waals surface area (Å²) in [7, 11) is 1.58. The van der Waals surface area contributed by atoms with E-state index in [-0.39, 0.29) is 18.1 Å². The van der Waals surface area contributed by atoms with E-state index in [0.29, 0.717) is 19.3 Å². The van der Waals surface area contributed by atoms with Gasteiger partial charge in [-0.15, -0.1) is 0 Å². The maximum atomic E-state index is 13.3. The molecule has 0 N–H and O–H groups in total. The summed E-state index contributed by atoms with van der Waals surface area (Å²) in [5.41, 5.74) is -0.607. The zero-order valence-corrected chi connectivity index (χ0v) is 12.0. The molecule has 0 bridgehead atoms. The monoisotopic (exact) mass is 325 g/mol. The molecule has 0 spiro atoms. The van der Waals surface area contributed by atoms with E-state index in [2.05, 4.69) is 0 Å². The number of hydrogen-bond donors (Lipinski definition) is 0. The van der Waals surface area contributed by atoms with Crippen molar-refractivity contribution in [3.05, 3.63) is 34.1 Å². The molecule has 1 aromatic rings. The lowest BCUT2D eigenvalue weighted by molar-refractivity contribution is -0.387. The van der Waals surface area contributed by atoms with Gasteiger partial charge >= 0.3 is 5.69 Å². The van der Waals surface area contributed by atoms with Crippen LogP contribution in [0.1, 0.15) is 19.3 Å². The molecule has 0 saturated heterocycles. The number of unbranched alkanes of at least 4 members (excludes halogenated alkanes) is 2. The summed E-state index contributed by atoms with van der Waals surface area (Å²) in [6.45, 7) is 0.263. The predicted molar refractivity (Wildman–Crippen MR) is 72.0 cm³/mol. The molecule has 0 saturated carbocycles. The predicted octanol–water partition coefficient (Wildman–Crippen LogP) is 2.85. The van der Waals surface area contributed by atoms with E-state index >= 15 is 0 Å². The number of nitro groups is 1. The maximum Gasteiger partial charge on any atom is 0.305 e. The molecule has 0 atom stereocenters. The van der Waals surface area contributed by atoms with Crippen LogP contribution in [-0.2, 0) is 9.05 Å². The average Bonchev–Trinajstić information content (AvgIpc) is 2.32. The third-order valence-corrected chi connectivity index (χ3v) is 3.66. The molecular weight excluding hydrogens is 313 g/mol. The Bertz CT molecular complexity index is 578. The van der Waals surface area contributed by atoms with Crippen LogP contribution in [-0.4, -0.2) is 25.7 Å². The highest BCUT2D eigenvalue weighted by atomic mass is 35.7. The lowest BCUT2D eigenvalue weighted by Crippen LogP contribution is -2.01. The molecule has 0 heterocycles. The first-order valence-electron chi connectivity index (χ1n) is 5.78. The van der Waals surface area contributed by atoms with Gasteiger partial charge in [-0.3, -0.25) is 10.1 Å². The molecule has 1 rings (SSSR count). The molecule has 0 aliphatic rings. The highest BCUT2D eigenvalue weighted by Crippen LogP contribution is 2.22. The summed E-state index contributed by atoms with van der Waals surface area (Å²) in [6, 6.07) is 3.29. The average molecular weight is 326 g/mol. The van der Waals surface area contributed by atoms with Crippen molar-refractivity contribution in [3.63, 3.8) is 0 Å². The molecule has 0 unspecified atom stereocenters. The van der Waals surface area contributed by atoms with Crippen LogP contribution in [0.3, 0.4) is 0 Å². The highest BCUT2D eigenvalue weighted by molar-refractivity contribution is 8.13. The summed E-state index contributed by atoms with van der Waals surface area (Å²) in [5.74, 6) is -0.862. The van der Waals surface area contributed by atoms with Crippen molar-refractivity contribution in [2.75, 3.05) is 12.4 Å². The van der Waals surface area contributed by atoms with Crippen LogP contribution in [0, 0.1) is 15.9 Å². The van der Waals surface area contributed by atoms with Crippen molar-refractivity contribution in [3.8, 4) is 5.75 Å². The molecule has 0 radical (unpaired) electrons. The Morgan fingerprint density at radius 2 is 2.00 bits per heavy atom. The van der Waals surface area contributed by atoms with Crippen LogP contribution in [0.25, 0.3) is 0 Å². The summed E-state index contributed by atoms with van der Waals surface area (Å²) >= 11 is 0. The fourth-order valence-electron chi connectivity index (χ4n) is 1.47. The Balaban J connectivity index is 2.33. The van der Waals surface area contributed by atoms with Crippen LogP contribution in [0.2, 0.25) is 0 Å². The number of nitro benzene ring substituents is 1. The maximum absolute atomic E-state index is 13.3. The van der Waals surface area contributed by atoms with Crippen LogP contribution < -0.4 is 4.74 Å². The molecule has 0 aliphatic heterocycles. The van der Waals surface area contributed by atoms with E-state index in [1.807, 2.05) is 0 Å². The Labute approximate surface area is 120 Å². The number of nitrogens with zero attached hydrogens (tertiary/aromatic N) is 1. The van der Waals surface area contributed by atoms with Crippen molar-refractivity contribution in [2.45, 2.75) is 19.3 Å². The van der Waals surface area contributed by atoms with E-state index in [9.17, 15) is 22.9 Å². The lowest BCUT2D eigenvalue weighted by Gasteiger charge is -2.06. The molecule has 0 aliphatic carbocycles. The fourth-order valence-corrected chi connectivity index (χ4v) is 2.35. The minimum Gasteiger partial charge on any atom is -0.493 e. The Morgan fingerprint density at radius 3 is 2.55 bits per heavy atom. The third-order valence-electron chi connectivity index (χ3n) is 2.42. The molecule has 1 aromatic carbocycles. The fraction of sp³-hybridized carbons (Fsp3) is 0.455. The van der Waals surface area contributed by atoms with E-state index in [1.54, 1.807) is 0 Å². The van der Waals surface area contributed by atoms with Crippen LogP contribution in [0.15, 0.2) is 18.2 Å². The number of hydrogen-bond acceptors (Lipinski definition) is 5. The zero-order chi connectivity index (χ0) is 15.2.